The molecule has 1 aliphatic heterocycles. The summed E-state index contributed by atoms with van der Waals surface area (Å²) in [5.41, 5.74) is 4.25. The average molecular weight is 352 g/mol. The van der Waals surface area contributed by atoms with E-state index in [1.807, 2.05) is 5.38 Å². The third-order valence-electron chi connectivity index (χ3n) is 3.29. The van der Waals surface area contributed by atoms with Gasteiger partial charge in [-0.05, 0) is 18.5 Å². The number of aromatic nitrogens is 2. The minimum absolute atomic E-state index is 0.588. The van der Waals surface area contributed by atoms with Crippen molar-refractivity contribution in [3.63, 3.8) is 0 Å². The lowest BCUT2D eigenvalue weighted by atomic mass is 9.97. The third kappa shape index (κ3) is 2.66. The van der Waals surface area contributed by atoms with E-state index in [1.54, 1.807) is 0 Å². The number of hydrogen-bond donors (Lipinski definition) is 3. The second-order valence-electron chi connectivity index (χ2n) is 4.79. The molecule has 0 saturated carbocycles. The highest BCUT2D eigenvalue weighted by Crippen LogP contribution is 2.43. The van der Waals surface area contributed by atoms with E-state index >= 15 is 0 Å². The maximum Gasteiger partial charge on any atom is 0.351 e. The average Bonchev–Trinajstić information content (AvgIpc) is 2.68. The number of aliphatic hydroxyl groups is 2. The summed E-state index contributed by atoms with van der Waals surface area (Å²) in [5.74, 6) is 0.755. The summed E-state index contributed by atoms with van der Waals surface area (Å²) >= 11 is 11.6. The van der Waals surface area contributed by atoms with Crippen molar-refractivity contribution < 1.29 is 19.3 Å². The van der Waals surface area contributed by atoms with Crippen LogP contribution in [0.25, 0.3) is 0 Å². The van der Waals surface area contributed by atoms with Gasteiger partial charge in [-0.15, -0.1) is 0 Å². The lowest BCUT2D eigenvalue weighted by Gasteiger charge is -2.25. The maximum absolute atomic E-state index is 13.6. The largest absolute Gasteiger partial charge is 0.391 e. The van der Waals surface area contributed by atoms with Gasteiger partial charge in [0.2, 0.25) is 0 Å². The maximum atomic E-state index is 13.6. The van der Waals surface area contributed by atoms with Crippen molar-refractivity contribution in [2.45, 2.75) is 36.3 Å². The Labute approximate surface area is 134 Å². The minimum atomic E-state index is -1.88. The first-order valence-electron chi connectivity index (χ1n) is 6.09. The van der Waals surface area contributed by atoms with Crippen molar-refractivity contribution >= 4 is 29.0 Å². The lowest BCUT2D eigenvalue weighted by molar-refractivity contribution is -0.0774. The van der Waals surface area contributed by atoms with Crippen LogP contribution in [0.1, 0.15) is 13.2 Å². The Bertz CT molecular complexity index is 702. The number of rotatable bonds is 2. The number of anilines is 1. The fraction of sp³-hybridized carbons (Fsp3) is 0.500. The second kappa shape index (κ2) is 6.02. The van der Waals surface area contributed by atoms with Gasteiger partial charge in [-0.25, -0.2) is 9.18 Å². The van der Waals surface area contributed by atoms with Crippen molar-refractivity contribution in [3.8, 4) is 11.3 Å². The molecule has 1 aliphatic rings. The van der Waals surface area contributed by atoms with Gasteiger partial charge in [0, 0.05) is 5.38 Å². The van der Waals surface area contributed by atoms with Gasteiger partial charge in [-0.3, -0.25) is 4.57 Å². The smallest absolute Gasteiger partial charge is 0.351 e. The van der Waals surface area contributed by atoms with Crippen molar-refractivity contribution in [1.82, 2.24) is 9.55 Å². The molecule has 2 heterocycles. The van der Waals surface area contributed by atoms with Gasteiger partial charge in [0.1, 0.15) is 12.2 Å². The summed E-state index contributed by atoms with van der Waals surface area (Å²) < 4.78 is 19.7. The molecule has 5 atom stereocenters. The number of halogens is 3. The van der Waals surface area contributed by atoms with Crippen LogP contribution >= 0.6 is 23.2 Å². The molecule has 10 heteroatoms. The van der Waals surface area contributed by atoms with Crippen LogP contribution in [0.2, 0.25) is 0 Å². The number of nitrogens with two attached hydrogens (primary N) is 1. The number of hydrogen-bond acceptors (Lipinski definition) is 6. The van der Waals surface area contributed by atoms with E-state index in [0.29, 0.717) is 4.57 Å². The number of ether oxygens (including phenoxy) is 1. The lowest BCUT2D eigenvalue weighted by Crippen LogP contribution is -2.44. The van der Waals surface area contributed by atoms with E-state index in [0.717, 1.165) is 6.20 Å². The van der Waals surface area contributed by atoms with Crippen LogP contribution in [-0.2, 0) is 4.74 Å². The molecular formula is C12H12Cl2FN3O4. The van der Waals surface area contributed by atoms with Crippen LogP contribution in [-0.4, -0.2) is 43.0 Å². The fourth-order valence-corrected chi connectivity index (χ4v) is 2.72. The van der Waals surface area contributed by atoms with Crippen LogP contribution in [0.3, 0.4) is 0 Å². The van der Waals surface area contributed by atoms with E-state index in [4.69, 9.17) is 33.7 Å². The molecule has 2 rings (SSSR count). The molecule has 1 aromatic rings. The quantitative estimate of drug-likeness (QED) is 0.502. The molecule has 1 saturated heterocycles. The van der Waals surface area contributed by atoms with Crippen molar-refractivity contribution in [1.29, 1.82) is 0 Å². The van der Waals surface area contributed by atoms with Gasteiger partial charge in [-0.1, -0.05) is 17.5 Å². The molecule has 0 spiro atoms. The summed E-state index contributed by atoms with van der Waals surface area (Å²) in [5, 5.41) is 21.9. The monoisotopic (exact) mass is 351 g/mol. The highest BCUT2D eigenvalue weighted by molar-refractivity contribution is 6.32. The van der Waals surface area contributed by atoms with E-state index in [-0.39, 0.29) is 0 Å². The Hall–Kier alpha value is -1.37. The molecule has 0 radical (unpaired) electrons. The molecule has 1 unspecified atom stereocenters. The SMILES string of the molecule is C[C@@H](O)[C@H]1O[C@@H](n2cc(F)c(N)nc2=O)[C@@](Cl)(C#CCl)C1O. The van der Waals surface area contributed by atoms with Crippen LogP contribution in [0, 0.1) is 17.1 Å². The van der Waals surface area contributed by atoms with E-state index in [9.17, 15) is 19.4 Å². The van der Waals surface area contributed by atoms with Gasteiger partial charge in [0.15, 0.2) is 22.7 Å². The zero-order chi connectivity index (χ0) is 16.7. The first-order valence-corrected chi connectivity index (χ1v) is 6.85. The van der Waals surface area contributed by atoms with Crippen LogP contribution in [0.15, 0.2) is 11.0 Å². The minimum Gasteiger partial charge on any atom is -0.391 e. The van der Waals surface area contributed by atoms with Gasteiger partial charge in [0.05, 0.1) is 12.3 Å². The first kappa shape index (κ1) is 17.0. The predicted octanol–water partition coefficient (Wildman–Crippen LogP) is -0.219. The topological polar surface area (TPSA) is 111 Å². The van der Waals surface area contributed by atoms with Crippen molar-refractivity contribution in [2.75, 3.05) is 5.73 Å². The molecule has 0 aromatic carbocycles. The normalized spacial score (nSPS) is 32.4. The number of nitrogen functional groups attached to an aromatic ring is 1. The van der Waals surface area contributed by atoms with Gasteiger partial charge in [-0.2, -0.15) is 4.98 Å². The van der Waals surface area contributed by atoms with Crippen LogP contribution in [0.5, 0.6) is 0 Å². The Morgan fingerprint density at radius 1 is 1.68 bits per heavy atom. The zero-order valence-corrected chi connectivity index (χ0v) is 12.7. The van der Waals surface area contributed by atoms with Gasteiger partial charge >= 0.3 is 5.69 Å². The third-order valence-corrected chi connectivity index (χ3v) is 3.89. The molecule has 0 amide bonds. The fourth-order valence-electron chi connectivity index (χ4n) is 2.19. The molecule has 1 fully saturated rings. The van der Waals surface area contributed by atoms with Crippen molar-refractivity contribution in [2.24, 2.45) is 0 Å². The molecular weight excluding hydrogens is 340 g/mol. The molecule has 0 bridgehead atoms. The Morgan fingerprint density at radius 3 is 2.86 bits per heavy atom. The molecule has 120 valence electrons. The highest BCUT2D eigenvalue weighted by Gasteiger charge is 2.57. The number of alkyl halides is 1. The van der Waals surface area contributed by atoms with Crippen LogP contribution in [0.4, 0.5) is 10.2 Å². The summed E-state index contributed by atoms with van der Waals surface area (Å²) in [7, 11) is 0. The predicted molar refractivity (Wildman–Crippen MR) is 76.7 cm³/mol. The Balaban J connectivity index is 2.59. The standard InChI is InChI=1S/C12H12Cl2FN3O4/c1-5(19)7-8(20)12(14,2-3-13)10(22-7)18-4-6(15)9(16)17-11(18)21/h4-5,7-8,10,19-20H,1H3,(H2,16,17,21)/t5-,7-,8?,10-,12-/m1/s1. The highest BCUT2D eigenvalue weighted by atomic mass is 35.5. The molecule has 4 N–H and O–H groups in total. The second-order valence-corrected chi connectivity index (χ2v) is 5.60. The number of nitrogens with zero attached hydrogens (tertiary/aromatic N) is 2. The zero-order valence-electron chi connectivity index (χ0n) is 11.2. The van der Waals surface area contributed by atoms with Gasteiger partial charge < -0.3 is 20.7 Å². The summed E-state index contributed by atoms with van der Waals surface area (Å²) in [6.45, 7) is 1.35. The Kier molecular flexibility index (Phi) is 4.65. The Morgan fingerprint density at radius 2 is 2.32 bits per heavy atom. The van der Waals surface area contributed by atoms with Crippen molar-refractivity contribution in [3.05, 3.63) is 22.5 Å². The van der Waals surface area contributed by atoms with Gasteiger partial charge in [0.25, 0.3) is 0 Å². The molecule has 7 nitrogen and oxygen atoms in total. The van der Waals surface area contributed by atoms with E-state index < -0.39 is 46.7 Å². The number of aliphatic hydroxyl groups excluding tert-OH is 2. The molecule has 1 aromatic heterocycles. The summed E-state index contributed by atoms with van der Waals surface area (Å²) in [6.07, 6.45) is -4.47. The molecule has 22 heavy (non-hydrogen) atoms. The van der Waals surface area contributed by atoms with Crippen LogP contribution < -0.4 is 11.4 Å². The van der Waals surface area contributed by atoms with E-state index in [1.165, 1.54) is 6.92 Å². The first-order chi connectivity index (χ1) is 10.2. The summed E-state index contributed by atoms with van der Waals surface area (Å²) in [4.78, 5) is 13.3. The van der Waals surface area contributed by atoms with E-state index in [2.05, 4.69) is 10.9 Å². The summed E-state index contributed by atoms with van der Waals surface area (Å²) in [6, 6.07) is 0. The molecule has 0 aliphatic carbocycles.